The quantitative estimate of drug-likeness (QED) is 0.332. The third kappa shape index (κ3) is 5.91. The smallest absolute Gasteiger partial charge is 0.335 e. The first kappa shape index (κ1) is 25.7. The average molecular weight is 540 g/mol. The zero-order valence-corrected chi connectivity index (χ0v) is 20.8. The van der Waals surface area contributed by atoms with Gasteiger partial charge < -0.3 is 14.8 Å². The molecule has 3 aromatic rings. The fraction of sp³-hybridized carbons (Fsp3) is 0.0769. The predicted molar refractivity (Wildman–Crippen MR) is 139 cm³/mol. The Bertz CT molecular complexity index is 1420. The van der Waals surface area contributed by atoms with Gasteiger partial charge >= 0.3 is 6.03 Å². The maximum atomic E-state index is 13.2. The number of carbonyl (C=O) groups excluding carboxylic acids is 4. The van der Waals surface area contributed by atoms with Gasteiger partial charge in [0, 0.05) is 10.6 Å². The number of carbonyl (C=O) groups is 4. The zero-order chi connectivity index (χ0) is 26.5. The number of nitrogens with zero attached hydrogens (tertiary/aromatic N) is 1. The van der Waals surface area contributed by atoms with E-state index in [1.807, 2.05) is 0 Å². The summed E-state index contributed by atoms with van der Waals surface area (Å²) in [5, 5.41) is 5.45. The van der Waals surface area contributed by atoms with Crippen LogP contribution in [-0.4, -0.2) is 37.5 Å². The number of imide groups is 2. The summed E-state index contributed by atoms with van der Waals surface area (Å²) in [5.41, 5.74) is 0.577. The highest BCUT2D eigenvalue weighted by molar-refractivity contribution is 6.39. The van der Waals surface area contributed by atoms with Crippen LogP contribution < -0.4 is 25.0 Å². The number of hydrogen-bond donors (Lipinski definition) is 2. The molecule has 0 atom stereocenters. The second-order valence-electron chi connectivity index (χ2n) is 7.65. The van der Waals surface area contributed by atoms with Gasteiger partial charge in [-0.3, -0.25) is 19.7 Å². The lowest BCUT2D eigenvalue weighted by Gasteiger charge is -2.26. The Morgan fingerprint density at radius 1 is 1.03 bits per heavy atom. The molecule has 1 fully saturated rings. The maximum absolute atomic E-state index is 13.2. The van der Waals surface area contributed by atoms with Gasteiger partial charge in [0.1, 0.15) is 17.1 Å². The lowest BCUT2D eigenvalue weighted by Crippen LogP contribution is -2.54. The van der Waals surface area contributed by atoms with E-state index in [1.54, 1.807) is 36.4 Å². The Kier molecular flexibility index (Phi) is 7.76. The van der Waals surface area contributed by atoms with Crippen LogP contribution in [0.2, 0.25) is 10.0 Å². The SMILES string of the molecule is COc1ccc(N2C(=O)NC(=O)/C(=C\c3cc(Cl)ccc3OCC(=O)Nc3ccccc3Cl)C2=O)cc1. The molecule has 37 heavy (non-hydrogen) atoms. The first-order valence-corrected chi connectivity index (χ1v) is 11.5. The van der Waals surface area contributed by atoms with Crippen LogP contribution in [0.3, 0.4) is 0 Å². The van der Waals surface area contributed by atoms with Crippen molar-refractivity contribution in [3.05, 3.63) is 87.9 Å². The molecule has 1 aliphatic rings. The molecule has 4 rings (SSSR count). The van der Waals surface area contributed by atoms with E-state index in [-0.39, 0.29) is 29.2 Å². The second kappa shape index (κ2) is 11.2. The molecule has 1 saturated heterocycles. The summed E-state index contributed by atoms with van der Waals surface area (Å²) in [7, 11) is 1.48. The molecule has 11 heteroatoms. The molecule has 0 bridgehead atoms. The summed E-state index contributed by atoms with van der Waals surface area (Å²) >= 11 is 12.2. The van der Waals surface area contributed by atoms with E-state index >= 15 is 0 Å². The molecule has 0 radical (unpaired) electrons. The molecule has 0 unspecified atom stereocenters. The van der Waals surface area contributed by atoms with Gasteiger partial charge in [0.05, 0.1) is 23.5 Å². The molecule has 0 aromatic heterocycles. The number of nitrogens with one attached hydrogen (secondary N) is 2. The van der Waals surface area contributed by atoms with Crippen LogP contribution in [-0.2, 0) is 14.4 Å². The van der Waals surface area contributed by atoms with Gasteiger partial charge in [-0.1, -0.05) is 35.3 Å². The molecule has 2 N–H and O–H groups in total. The number of rotatable bonds is 7. The molecule has 0 aliphatic carbocycles. The molecule has 3 aromatic carbocycles. The lowest BCUT2D eigenvalue weighted by molar-refractivity contribution is -0.122. The van der Waals surface area contributed by atoms with Crippen molar-refractivity contribution in [3.8, 4) is 11.5 Å². The van der Waals surface area contributed by atoms with Gasteiger partial charge in [-0.25, -0.2) is 9.69 Å². The second-order valence-corrected chi connectivity index (χ2v) is 8.50. The Hall–Kier alpha value is -4.34. The summed E-state index contributed by atoms with van der Waals surface area (Å²) in [6, 6.07) is 16.5. The molecule has 188 valence electrons. The minimum atomic E-state index is -0.892. The van der Waals surface area contributed by atoms with Crippen LogP contribution in [0.25, 0.3) is 6.08 Å². The van der Waals surface area contributed by atoms with E-state index in [1.165, 1.54) is 43.5 Å². The molecular formula is C26H19Cl2N3O6. The maximum Gasteiger partial charge on any atom is 0.335 e. The van der Waals surface area contributed by atoms with Gasteiger partial charge in [-0.05, 0) is 60.7 Å². The minimum Gasteiger partial charge on any atom is -0.497 e. The van der Waals surface area contributed by atoms with Crippen LogP contribution in [0.5, 0.6) is 11.5 Å². The number of methoxy groups -OCH3 is 1. The van der Waals surface area contributed by atoms with E-state index in [9.17, 15) is 19.2 Å². The van der Waals surface area contributed by atoms with E-state index in [2.05, 4.69) is 10.6 Å². The van der Waals surface area contributed by atoms with Crippen LogP contribution in [0.4, 0.5) is 16.2 Å². The van der Waals surface area contributed by atoms with Crippen LogP contribution in [0, 0.1) is 0 Å². The van der Waals surface area contributed by atoms with Crippen molar-refractivity contribution >= 4 is 64.4 Å². The standard InChI is InChI=1S/C26H19Cl2N3O6/c1-36-18-9-7-17(8-10-18)31-25(34)19(24(33)30-26(31)35)13-15-12-16(27)6-11-22(15)37-14-23(32)29-21-5-3-2-4-20(21)28/h2-13H,14H2,1H3,(H,29,32)(H,30,33,35)/b19-13+. The summed E-state index contributed by atoms with van der Waals surface area (Å²) in [6.07, 6.45) is 1.24. The number of urea groups is 1. The molecule has 1 aliphatic heterocycles. The van der Waals surface area contributed by atoms with Gasteiger partial charge in [-0.2, -0.15) is 0 Å². The van der Waals surface area contributed by atoms with Crippen LogP contribution >= 0.6 is 23.2 Å². The highest BCUT2D eigenvalue weighted by Crippen LogP contribution is 2.29. The Morgan fingerprint density at radius 3 is 2.46 bits per heavy atom. The topological polar surface area (TPSA) is 114 Å². The number of amides is 5. The number of barbiturate groups is 1. The molecule has 0 spiro atoms. The summed E-state index contributed by atoms with van der Waals surface area (Å²) in [4.78, 5) is 51.4. The normalized spacial score (nSPS) is 14.4. The van der Waals surface area contributed by atoms with Crippen molar-refractivity contribution in [1.29, 1.82) is 0 Å². The number of benzene rings is 3. The van der Waals surface area contributed by atoms with Crippen molar-refractivity contribution < 1.29 is 28.7 Å². The first-order chi connectivity index (χ1) is 17.8. The summed E-state index contributed by atoms with van der Waals surface area (Å²) in [5.74, 6) is -1.51. The summed E-state index contributed by atoms with van der Waals surface area (Å²) < 4.78 is 10.7. The van der Waals surface area contributed by atoms with Crippen LogP contribution in [0.1, 0.15) is 5.56 Å². The molecular weight excluding hydrogens is 521 g/mol. The fourth-order valence-electron chi connectivity index (χ4n) is 3.43. The predicted octanol–water partition coefficient (Wildman–Crippen LogP) is 4.69. The minimum absolute atomic E-state index is 0.180. The van der Waals surface area contributed by atoms with Gasteiger partial charge in [0.25, 0.3) is 17.7 Å². The largest absolute Gasteiger partial charge is 0.497 e. The Balaban J connectivity index is 1.58. The number of hydrogen-bond acceptors (Lipinski definition) is 6. The third-order valence-electron chi connectivity index (χ3n) is 5.21. The lowest BCUT2D eigenvalue weighted by atomic mass is 10.1. The van der Waals surface area contributed by atoms with Gasteiger partial charge in [-0.15, -0.1) is 0 Å². The Morgan fingerprint density at radius 2 is 1.76 bits per heavy atom. The van der Waals surface area contributed by atoms with Crippen molar-refractivity contribution in [3.63, 3.8) is 0 Å². The summed E-state index contributed by atoms with van der Waals surface area (Å²) in [6.45, 7) is -0.389. The number of para-hydroxylation sites is 1. The zero-order valence-electron chi connectivity index (χ0n) is 19.3. The highest BCUT2D eigenvalue weighted by Gasteiger charge is 2.37. The van der Waals surface area contributed by atoms with E-state index in [4.69, 9.17) is 32.7 Å². The number of anilines is 2. The van der Waals surface area contributed by atoms with Crippen molar-refractivity contribution in [1.82, 2.24) is 5.32 Å². The molecule has 9 nitrogen and oxygen atoms in total. The first-order valence-electron chi connectivity index (χ1n) is 10.8. The highest BCUT2D eigenvalue weighted by atomic mass is 35.5. The molecule has 0 saturated carbocycles. The third-order valence-corrected chi connectivity index (χ3v) is 5.78. The molecule has 5 amide bonds. The van der Waals surface area contributed by atoms with Crippen molar-refractivity contribution in [2.75, 3.05) is 23.9 Å². The van der Waals surface area contributed by atoms with E-state index in [0.29, 0.717) is 21.5 Å². The van der Waals surface area contributed by atoms with Crippen LogP contribution in [0.15, 0.2) is 72.3 Å². The number of ether oxygens (including phenoxy) is 2. The number of halogens is 2. The van der Waals surface area contributed by atoms with E-state index in [0.717, 1.165) is 4.90 Å². The monoisotopic (exact) mass is 539 g/mol. The van der Waals surface area contributed by atoms with E-state index < -0.39 is 23.8 Å². The molecule has 1 heterocycles. The fourth-order valence-corrected chi connectivity index (χ4v) is 3.80. The Labute approximate surface area is 221 Å². The van der Waals surface area contributed by atoms with Gasteiger partial charge in [0.15, 0.2) is 6.61 Å². The van der Waals surface area contributed by atoms with Gasteiger partial charge in [0.2, 0.25) is 0 Å². The average Bonchev–Trinajstić information content (AvgIpc) is 2.87. The van der Waals surface area contributed by atoms with Crippen molar-refractivity contribution in [2.45, 2.75) is 0 Å². The van der Waals surface area contributed by atoms with Crippen molar-refractivity contribution in [2.24, 2.45) is 0 Å².